The molecule has 0 spiro atoms. The molecule has 1 N–H and O–H groups in total. The molecule has 1 fully saturated rings. The van der Waals surface area contributed by atoms with Gasteiger partial charge in [-0.05, 0) is 48.4 Å². The second-order valence-electron chi connectivity index (χ2n) is 6.57. The minimum atomic E-state index is -0.485. The molecule has 2 aliphatic rings. The molecule has 3 aromatic rings. The van der Waals surface area contributed by atoms with Crippen molar-refractivity contribution < 1.29 is 18.7 Å². The van der Waals surface area contributed by atoms with Gasteiger partial charge in [-0.1, -0.05) is 0 Å². The maximum Gasteiger partial charge on any atom is 0.410 e. The number of aromatic amines is 1. The van der Waals surface area contributed by atoms with Gasteiger partial charge in [0, 0.05) is 17.5 Å². The Morgan fingerprint density at radius 1 is 1.23 bits per heavy atom. The van der Waals surface area contributed by atoms with Crippen LogP contribution < -0.4 is 4.74 Å². The quantitative estimate of drug-likeness (QED) is 0.670. The fourth-order valence-corrected chi connectivity index (χ4v) is 3.55. The number of halogens is 1. The van der Waals surface area contributed by atoms with Gasteiger partial charge in [0.05, 0.1) is 18.7 Å². The molecule has 1 amide bonds. The molecule has 2 aliphatic heterocycles. The average molecular weight is 353 g/mol. The summed E-state index contributed by atoms with van der Waals surface area (Å²) in [7, 11) is 0. The number of nitrogens with one attached hydrogen (secondary N) is 1. The van der Waals surface area contributed by atoms with Gasteiger partial charge in [0.15, 0.2) is 0 Å². The Balaban J connectivity index is 1.69. The number of carbonyl (C=O) groups excluding carboxylic acids is 1. The zero-order valence-corrected chi connectivity index (χ0v) is 13.9. The first-order chi connectivity index (χ1) is 12.7. The maximum absolute atomic E-state index is 14.3. The molecule has 1 saturated heterocycles. The lowest BCUT2D eigenvalue weighted by Gasteiger charge is -2.14. The van der Waals surface area contributed by atoms with Crippen LogP contribution in [0.5, 0.6) is 5.75 Å². The van der Waals surface area contributed by atoms with E-state index in [1.807, 2.05) is 24.3 Å². The molecule has 6 bridgehead atoms. The number of hydrogen-bond acceptors (Lipinski definition) is 4. The Bertz CT molecular complexity index is 1020. The fourth-order valence-electron chi connectivity index (χ4n) is 3.55. The van der Waals surface area contributed by atoms with E-state index in [4.69, 9.17) is 9.47 Å². The maximum atomic E-state index is 14.3. The van der Waals surface area contributed by atoms with Gasteiger partial charge in [-0.3, -0.25) is 5.10 Å². The van der Waals surface area contributed by atoms with Crippen molar-refractivity contribution in [2.45, 2.75) is 12.5 Å². The Morgan fingerprint density at radius 3 is 3.08 bits per heavy atom. The van der Waals surface area contributed by atoms with Crippen LogP contribution in [0.1, 0.15) is 18.1 Å². The third-order valence-corrected chi connectivity index (χ3v) is 4.83. The number of nitrogens with zero attached hydrogens (tertiary/aromatic N) is 2. The number of H-pyrrole nitrogens is 1. The highest BCUT2D eigenvalue weighted by molar-refractivity contribution is 5.93. The van der Waals surface area contributed by atoms with Crippen LogP contribution in [0, 0.1) is 5.82 Å². The number of ether oxygens (including phenoxy) is 2. The van der Waals surface area contributed by atoms with Gasteiger partial charge < -0.3 is 14.4 Å². The highest BCUT2D eigenvalue weighted by Gasteiger charge is 2.32. The van der Waals surface area contributed by atoms with E-state index in [2.05, 4.69) is 10.2 Å². The molecule has 0 saturated carbocycles. The van der Waals surface area contributed by atoms with Crippen LogP contribution in [0.2, 0.25) is 0 Å². The SMILES string of the molecule is O=C1OC2CN1CCCOc1ccc3[nH]nc(c3c1)-c1cc(F)cc2c1. The average Bonchev–Trinajstić information content (AvgIpc) is 3.21. The van der Waals surface area contributed by atoms with Crippen LogP contribution in [-0.2, 0) is 4.74 Å². The normalized spacial score (nSPS) is 19.3. The first kappa shape index (κ1) is 15.2. The van der Waals surface area contributed by atoms with Crippen molar-refractivity contribution in [1.82, 2.24) is 15.1 Å². The van der Waals surface area contributed by atoms with E-state index in [1.54, 1.807) is 4.90 Å². The molecule has 0 radical (unpaired) electrons. The van der Waals surface area contributed by atoms with E-state index < -0.39 is 6.10 Å². The van der Waals surface area contributed by atoms with Gasteiger partial charge >= 0.3 is 6.09 Å². The summed E-state index contributed by atoms with van der Waals surface area (Å²) in [5, 5.41) is 8.19. The van der Waals surface area contributed by atoms with Crippen LogP contribution in [0.25, 0.3) is 22.2 Å². The number of amides is 1. The minimum Gasteiger partial charge on any atom is -0.494 e. The van der Waals surface area contributed by atoms with Crippen molar-refractivity contribution >= 4 is 17.0 Å². The Morgan fingerprint density at radius 2 is 2.15 bits per heavy atom. The zero-order chi connectivity index (χ0) is 17.7. The number of rotatable bonds is 0. The number of benzene rings is 2. The van der Waals surface area contributed by atoms with Crippen molar-refractivity contribution in [3.8, 4) is 17.0 Å². The first-order valence-electron chi connectivity index (χ1n) is 8.55. The lowest BCUT2D eigenvalue weighted by Crippen LogP contribution is -2.26. The third-order valence-electron chi connectivity index (χ3n) is 4.83. The second kappa shape index (κ2) is 5.72. The molecular formula is C19H16FN3O3. The topological polar surface area (TPSA) is 67.4 Å². The lowest BCUT2D eigenvalue weighted by molar-refractivity contribution is 0.132. The van der Waals surface area contributed by atoms with Gasteiger partial charge in [0.25, 0.3) is 0 Å². The number of aromatic nitrogens is 2. The summed E-state index contributed by atoms with van der Waals surface area (Å²) in [6.45, 7) is 1.44. The predicted molar refractivity (Wildman–Crippen MR) is 92.4 cm³/mol. The molecule has 132 valence electrons. The second-order valence-corrected chi connectivity index (χ2v) is 6.57. The molecule has 0 aliphatic carbocycles. The van der Waals surface area contributed by atoms with Crippen LogP contribution in [0.15, 0.2) is 36.4 Å². The number of carbonyl (C=O) groups is 1. The van der Waals surface area contributed by atoms with Crippen LogP contribution >= 0.6 is 0 Å². The molecule has 2 aromatic carbocycles. The number of fused-ring (bicyclic) bond motifs is 7. The smallest absolute Gasteiger partial charge is 0.410 e. The Hall–Kier alpha value is -3.09. The molecule has 5 rings (SSSR count). The standard InChI is InChI=1S/C19H16FN3O3/c20-13-7-11-6-12(8-13)18-15-9-14(2-3-16(15)21-22-18)25-5-1-4-23-10-17(11)26-19(23)24/h2-3,6-9,17H,1,4-5,10H2,(H,21,22). The summed E-state index contributed by atoms with van der Waals surface area (Å²) < 4.78 is 25.5. The van der Waals surface area contributed by atoms with Gasteiger partial charge in [0.2, 0.25) is 0 Å². The zero-order valence-electron chi connectivity index (χ0n) is 13.9. The lowest BCUT2D eigenvalue weighted by atomic mass is 10.0. The van der Waals surface area contributed by atoms with Gasteiger partial charge in [-0.2, -0.15) is 5.10 Å². The molecule has 1 aromatic heterocycles. The van der Waals surface area contributed by atoms with E-state index >= 15 is 0 Å². The molecule has 1 unspecified atom stereocenters. The van der Waals surface area contributed by atoms with E-state index in [0.717, 1.165) is 16.7 Å². The van der Waals surface area contributed by atoms with E-state index in [0.29, 0.717) is 42.9 Å². The predicted octanol–water partition coefficient (Wildman–Crippen LogP) is 3.64. The van der Waals surface area contributed by atoms with Gasteiger partial charge in [-0.15, -0.1) is 0 Å². The van der Waals surface area contributed by atoms with Crippen LogP contribution in [0.3, 0.4) is 0 Å². The van der Waals surface area contributed by atoms with Crippen LogP contribution in [0.4, 0.5) is 9.18 Å². The van der Waals surface area contributed by atoms with Crippen molar-refractivity contribution in [3.63, 3.8) is 0 Å². The van der Waals surface area contributed by atoms with Crippen molar-refractivity contribution in [1.29, 1.82) is 0 Å². The van der Waals surface area contributed by atoms with Gasteiger partial charge in [-0.25, -0.2) is 9.18 Å². The fraction of sp³-hybridized carbons (Fsp3) is 0.263. The highest BCUT2D eigenvalue weighted by Crippen LogP contribution is 2.34. The molecule has 7 heteroatoms. The summed E-state index contributed by atoms with van der Waals surface area (Å²) in [5.74, 6) is 0.332. The monoisotopic (exact) mass is 353 g/mol. The first-order valence-corrected chi connectivity index (χ1v) is 8.55. The van der Waals surface area contributed by atoms with E-state index in [9.17, 15) is 9.18 Å². The summed E-state index contributed by atoms with van der Waals surface area (Å²) in [6.07, 6.45) is -0.174. The molecule has 26 heavy (non-hydrogen) atoms. The molecular weight excluding hydrogens is 337 g/mol. The van der Waals surface area contributed by atoms with E-state index in [-0.39, 0.29) is 11.9 Å². The highest BCUT2D eigenvalue weighted by atomic mass is 19.1. The van der Waals surface area contributed by atoms with Crippen molar-refractivity contribution in [3.05, 3.63) is 47.8 Å². The third kappa shape index (κ3) is 2.47. The molecule has 6 nitrogen and oxygen atoms in total. The summed E-state index contributed by atoms with van der Waals surface area (Å²) in [4.78, 5) is 13.7. The number of hydrogen-bond donors (Lipinski definition) is 1. The van der Waals surface area contributed by atoms with Crippen LogP contribution in [-0.4, -0.2) is 40.9 Å². The molecule has 1 atom stereocenters. The Kier molecular flexibility index (Phi) is 3.34. The summed E-state index contributed by atoms with van der Waals surface area (Å²) >= 11 is 0. The van der Waals surface area contributed by atoms with Crippen molar-refractivity contribution in [2.24, 2.45) is 0 Å². The summed E-state index contributed by atoms with van der Waals surface area (Å²) in [6, 6.07) is 10.4. The largest absolute Gasteiger partial charge is 0.494 e. The molecule has 3 heterocycles. The minimum absolute atomic E-state index is 0.376. The van der Waals surface area contributed by atoms with Crippen molar-refractivity contribution in [2.75, 3.05) is 19.7 Å². The Labute approximate surface area is 148 Å². The van der Waals surface area contributed by atoms with Gasteiger partial charge in [0.1, 0.15) is 23.4 Å². The van der Waals surface area contributed by atoms with E-state index in [1.165, 1.54) is 12.1 Å². The summed E-state index contributed by atoms with van der Waals surface area (Å²) in [5.41, 5.74) is 2.76.